The van der Waals surface area contributed by atoms with E-state index < -0.39 is 5.60 Å². The summed E-state index contributed by atoms with van der Waals surface area (Å²) >= 11 is 0. The number of rotatable bonds is 5. The molecule has 0 aliphatic carbocycles. The first-order valence-corrected chi connectivity index (χ1v) is 6.01. The quantitative estimate of drug-likeness (QED) is 0.800. The number of benzene rings is 1. The summed E-state index contributed by atoms with van der Waals surface area (Å²) in [5.74, 6) is 0. The molecule has 0 spiro atoms. The fourth-order valence-corrected chi connectivity index (χ4v) is 1.48. The number of aryl methyl sites for hydroxylation is 1. The van der Waals surface area contributed by atoms with Gasteiger partial charge in [-0.2, -0.15) is 0 Å². The van der Waals surface area contributed by atoms with Crippen molar-refractivity contribution in [2.24, 2.45) is 0 Å². The maximum absolute atomic E-state index is 9.82. The maximum atomic E-state index is 9.82. The molecule has 0 saturated heterocycles. The van der Waals surface area contributed by atoms with Crippen LogP contribution in [0.4, 0.5) is 5.69 Å². The molecule has 1 aromatic rings. The largest absolute Gasteiger partial charge is 0.388 e. The van der Waals surface area contributed by atoms with Crippen molar-refractivity contribution < 1.29 is 5.11 Å². The van der Waals surface area contributed by atoms with Crippen LogP contribution in [0.25, 0.3) is 0 Å². The van der Waals surface area contributed by atoms with Gasteiger partial charge in [-0.05, 0) is 44.9 Å². The third-order valence-corrected chi connectivity index (χ3v) is 2.94. The van der Waals surface area contributed by atoms with E-state index in [4.69, 9.17) is 0 Å². The molecular weight excluding hydrogens is 198 g/mol. The lowest BCUT2D eigenvalue weighted by Crippen LogP contribution is -2.39. The lowest BCUT2D eigenvalue weighted by atomic mass is 10.0. The Bertz CT molecular complexity index is 311. The molecule has 0 fully saturated rings. The van der Waals surface area contributed by atoms with Crippen LogP contribution in [0.2, 0.25) is 0 Å². The lowest BCUT2D eigenvalue weighted by Gasteiger charge is -2.27. The van der Waals surface area contributed by atoms with Gasteiger partial charge < -0.3 is 10.4 Å². The molecular formula is C14H23NO. The second-order valence-electron chi connectivity index (χ2n) is 4.97. The molecule has 1 rings (SSSR count). The van der Waals surface area contributed by atoms with Crippen molar-refractivity contribution in [3.63, 3.8) is 0 Å². The first-order chi connectivity index (χ1) is 7.43. The molecule has 0 saturated carbocycles. The van der Waals surface area contributed by atoms with Crippen molar-refractivity contribution in [1.29, 1.82) is 0 Å². The van der Waals surface area contributed by atoms with Crippen molar-refractivity contribution in [2.75, 3.05) is 5.32 Å². The molecule has 0 aliphatic heterocycles. The van der Waals surface area contributed by atoms with Crippen LogP contribution < -0.4 is 5.32 Å². The topological polar surface area (TPSA) is 32.3 Å². The van der Waals surface area contributed by atoms with Gasteiger partial charge in [-0.15, -0.1) is 0 Å². The van der Waals surface area contributed by atoms with E-state index in [1.54, 1.807) is 0 Å². The standard InChI is InChI=1S/C14H23NO/c1-5-6-12-7-9-13(10-8-12)15-11(2)14(3,4)16/h7-11,15-16H,5-6H2,1-4H3. The highest BCUT2D eigenvalue weighted by Crippen LogP contribution is 2.16. The van der Waals surface area contributed by atoms with Crippen LogP contribution in [0.5, 0.6) is 0 Å². The third-order valence-electron chi connectivity index (χ3n) is 2.94. The Morgan fingerprint density at radius 1 is 1.25 bits per heavy atom. The molecule has 2 nitrogen and oxygen atoms in total. The molecule has 0 heterocycles. The molecule has 1 unspecified atom stereocenters. The minimum Gasteiger partial charge on any atom is -0.388 e. The predicted octanol–water partition coefficient (Wildman–Crippen LogP) is 3.21. The predicted molar refractivity (Wildman–Crippen MR) is 69.8 cm³/mol. The van der Waals surface area contributed by atoms with Crippen LogP contribution in [0.1, 0.15) is 39.7 Å². The Balaban J connectivity index is 2.62. The minimum atomic E-state index is -0.706. The fourth-order valence-electron chi connectivity index (χ4n) is 1.48. The molecule has 1 atom stereocenters. The van der Waals surface area contributed by atoms with E-state index in [1.807, 2.05) is 20.8 Å². The summed E-state index contributed by atoms with van der Waals surface area (Å²) < 4.78 is 0. The van der Waals surface area contributed by atoms with Crippen molar-refractivity contribution in [2.45, 2.75) is 52.2 Å². The summed E-state index contributed by atoms with van der Waals surface area (Å²) in [4.78, 5) is 0. The van der Waals surface area contributed by atoms with Gasteiger partial charge in [-0.3, -0.25) is 0 Å². The smallest absolute Gasteiger partial charge is 0.0789 e. The maximum Gasteiger partial charge on any atom is 0.0789 e. The van der Waals surface area contributed by atoms with E-state index in [9.17, 15) is 5.11 Å². The summed E-state index contributed by atoms with van der Waals surface area (Å²) in [5, 5.41) is 13.1. The van der Waals surface area contributed by atoms with Gasteiger partial charge in [0.15, 0.2) is 0 Å². The van der Waals surface area contributed by atoms with Gasteiger partial charge >= 0.3 is 0 Å². The van der Waals surface area contributed by atoms with Gasteiger partial charge in [-0.1, -0.05) is 25.5 Å². The normalized spacial score (nSPS) is 13.6. The molecule has 0 aromatic heterocycles. The number of hydrogen-bond donors (Lipinski definition) is 2. The zero-order chi connectivity index (χ0) is 12.2. The summed E-state index contributed by atoms with van der Waals surface area (Å²) in [5.41, 5.74) is 1.72. The van der Waals surface area contributed by atoms with Gasteiger partial charge in [0.2, 0.25) is 0 Å². The first-order valence-electron chi connectivity index (χ1n) is 6.01. The molecule has 0 amide bonds. The Morgan fingerprint density at radius 2 is 1.81 bits per heavy atom. The average molecular weight is 221 g/mol. The van der Waals surface area contributed by atoms with Crippen molar-refractivity contribution in [1.82, 2.24) is 0 Å². The zero-order valence-electron chi connectivity index (χ0n) is 10.7. The molecule has 90 valence electrons. The van der Waals surface area contributed by atoms with Gasteiger partial charge in [0.25, 0.3) is 0 Å². The Hall–Kier alpha value is -1.02. The van der Waals surface area contributed by atoms with Crippen LogP contribution in [0.15, 0.2) is 24.3 Å². The van der Waals surface area contributed by atoms with E-state index in [0.29, 0.717) is 0 Å². The Kier molecular flexibility index (Phi) is 4.36. The van der Waals surface area contributed by atoms with Crippen LogP contribution in [-0.2, 0) is 6.42 Å². The number of aliphatic hydroxyl groups is 1. The molecule has 2 heteroatoms. The Labute approximate surface area is 98.7 Å². The van der Waals surface area contributed by atoms with Gasteiger partial charge in [0.1, 0.15) is 0 Å². The van der Waals surface area contributed by atoms with Crippen molar-refractivity contribution in [3.05, 3.63) is 29.8 Å². The van der Waals surface area contributed by atoms with Gasteiger partial charge in [0, 0.05) is 5.69 Å². The highest BCUT2D eigenvalue weighted by Gasteiger charge is 2.21. The molecule has 0 radical (unpaired) electrons. The fraction of sp³-hybridized carbons (Fsp3) is 0.571. The minimum absolute atomic E-state index is 0.0320. The second-order valence-corrected chi connectivity index (χ2v) is 4.97. The number of hydrogen-bond acceptors (Lipinski definition) is 2. The number of anilines is 1. The van der Waals surface area contributed by atoms with Crippen molar-refractivity contribution >= 4 is 5.69 Å². The van der Waals surface area contributed by atoms with Crippen molar-refractivity contribution in [3.8, 4) is 0 Å². The zero-order valence-corrected chi connectivity index (χ0v) is 10.7. The molecule has 0 bridgehead atoms. The van der Waals surface area contributed by atoms with Crippen LogP contribution >= 0.6 is 0 Å². The summed E-state index contributed by atoms with van der Waals surface area (Å²) in [6, 6.07) is 8.47. The van der Waals surface area contributed by atoms with E-state index >= 15 is 0 Å². The molecule has 16 heavy (non-hydrogen) atoms. The van der Waals surface area contributed by atoms with E-state index in [0.717, 1.165) is 12.1 Å². The third kappa shape index (κ3) is 3.86. The first kappa shape index (κ1) is 13.0. The number of nitrogens with one attached hydrogen (secondary N) is 1. The molecule has 2 N–H and O–H groups in total. The molecule has 0 aliphatic rings. The van der Waals surface area contributed by atoms with Gasteiger partial charge in [0.05, 0.1) is 11.6 Å². The second kappa shape index (κ2) is 5.35. The summed E-state index contributed by atoms with van der Waals surface area (Å²) in [6.07, 6.45) is 2.30. The van der Waals surface area contributed by atoms with E-state index in [1.165, 1.54) is 12.0 Å². The van der Waals surface area contributed by atoms with Crippen LogP contribution in [-0.4, -0.2) is 16.7 Å². The van der Waals surface area contributed by atoms with Gasteiger partial charge in [-0.25, -0.2) is 0 Å². The SMILES string of the molecule is CCCc1ccc(NC(C)C(C)(C)O)cc1. The average Bonchev–Trinajstić information content (AvgIpc) is 2.20. The highest BCUT2D eigenvalue weighted by atomic mass is 16.3. The summed E-state index contributed by atoms with van der Waals surface area (Å²) in [7, 11) is 0. The lowest BCUT2D eigenvalue weighted by molar-refractivity contribution is 0.0649. The monoisotopic (exact) mass is 221 g/mol. The van der Waals surface area contributed by atoms with E-state index in [-0.39, 0.29) is 6.04 Å². The van der Waals surface area contributed by atoms with Crippen LogP contribution in [0, 0.1) is 0 Å². The summed E-state index contributed by atoms with van der Waals surface area (Å²) in [6.45, 7) is 7.80. The molecule has 1 aromatic carbocycles. The van der Waals surface area contributed by atoms with Crippen LogP contribution in [0.3, 0.4) is 0 Å². The Morgan fingerprint density at radius 3 is 2.25 bits per heavy atom. The highest BCUT2D eigenvalue weighted by molar-refractivity contribution is 5.45. The van der Waals surface area contributed by atoms with E-state index in [2.05, 4.69) is 36.5 Å².